The number of anilines is 1. The number of rotatable bonds is 4. The van der Waals surface area contributed by atoms with E-state index in [1.54, 1.807) is 0 Å². The number of hydrogen-bond acceptors (Lipinski definition) is 3. The van der Waals surface area contributed by atoms with Gasteiger partial charge in [-0.1, -0.05) is 6.92 Å². The van der Waals surface area contributed by atoms with Gasteiger partial charge in [0.1, 0.15) is 0 Å². The van der Waals surface area contributed by atoms with Crippen molar-refractivity contribution in [2.24, 2.45) is 0 Å². The molecule has 0 saturated carbocycles. The van der Waals surface area contributed by atoms with Crippen LogP contribution in [0.2, 0.25) is 0 Å². The highest BCUT2D eigenvalue weighted by atomic mass is 32.1. The van der Waals surface area contributed by atoms with Crippen LogP contribution in [0.3, 0.4) is 0 Å². The zero-order valence-electron chi connectivity index (χ0n) is 7.41. The fraction of sp³-hybridized carbons (Fsp3) is 0.444. The summed E-state index contributed by atoms with van der Waals surface area (Å²) in [5.74, 6) is 0. The molecule has 0 N–H and O–H groups in total. The van der Waals surface area contributed by atoms with Crippen molar-refractivity contribution >= 4 is 23.3 Å². The third kappa shape index (κ3) is 2.08. The lowest BCUT2D eigenvalue weighted by molar-refractivity contribution is 0.112. The lowest BCUT2D eigenvalue weighted by Crippen LogP contribution is -2.16. The van der Waals surface area contributed by atoms with Gasteiger partial charge in [0.2, 0.25) is 0 Å². The van der Waals surface area contributed by atoms with E-state index in [2.05, 4.69) is 11.8 Å². The number of nitrogens with zero attached hydrogens (tertiary/aromatic N) is 1. The molecule has 0 saturated heterocycles. The Labute approximate surface area is 76.8 Å². The van der Waals surface area contributed by atoms with Gasteiger partial charge in [0, 0.05) is 24.7 Å². The van der Waals surface area contributed by atoms with E-state index >= 15 is 0 Å². The van der Waals surface area contributed by atoms with Crippen molar-refractivity contribution in [2.75, 3.05) is 18.5 Å². The molecule has 0 aliphatic rings. The van der Waals surface area contributed by atoms with Crippen molar-refractivity contribution in [3.05, 3.63) is 16.3 Å². The van der Waals surface area contributed by atoms with Crippen molar-refractivity contribution < 1.29 is 4.79 Å². The molecule has 0 bridgehead atoms. The molecule has 0 atom stereocenters. The van der Waals surface area contributed by atoms with Crippen LogP contribution in [0.4, 0.5) is 5.69 Å². The average Bonchev–Trinajstić information content (AvgIpc) is 2.52. The van der Waals surface area contributed by atoms with E-state index in [0.717, 1.165) is 29.8 Å². The molecule has 1 aromatic rings. The molecule has 1 aromatic heterocycles. The van der Waals surface area contributed by atoms with E-state index in [1.165, 1.54) is 11.3 Å². The van der Waals surface area contributed by atoms with Gasteiger partial charge in [-0.05, 0) is 12.5 Å². The lowest BCUT2D eigenvalue weighted by Gasteiger charge is -2.15. The van der Waals surface area contributed by atoms with Crippen molar-refractivity contribution in [1.82, 2.24) is 0 Å². The average molecular weight is 183 g/mol. The molecular formula is C9H13NOS. The third-order valence-corrected chi connectivity index (χ3v) is 2.57. The maximum absolute atomic E-state index is 10.4. The summed E-state index contributed by atoms with van der Waals surface area (Å²) in [7, 11) is 2.04. The monoisotopic (exact) mass is 183 g/mol. The van der Waals surface area contributed by atoms with Gasteiger partial charge in [-0.25, -0.2) is 0 Å². The zero-order valence-corrected chi connectivity index (χ0v) is 8.23. The van der Waals surface area contributed by atoms with Crippen LogP contribution in [0, 0.1) is 0 Å². The summed E-state index contributed by atoms with van der Waals surface area (Å²) in [5, 5.41) is 2.01. The molecule has 66 valence electrons. The fourth-order valence-corrected chi connectivity index (χ4v) is 1.82. The van der Waals surface area contributed by atoms with E-state index in [4.69, 9.17) is 0 Å². The normalized spacial score (nSPS) is 9.83. The van der Waals surface area contributed by atoms with Crippen LogP contribution >= 0.6 is 11.3 Å². The van der Waals surface area contributed by atoms with Crippen molar-refractivity contribution in [3.8, 4) is 0 Å². The second kappa shape index (κ2) is 4.26. The Hall–Kier alpha value is -0.830. The van der Waals surface area contributed by atoms with Crippen molar-refractivity contribution in [2.45, 2.75) is 13.3 Å². The van der Waals surface area contributed by atoms with E-state index in [-0.39, 0.29) is 0 Å². The Kier molecular flexibility index (Phi) is 3.29. The minimum Gasteiger partial charge on any atom is -0.374 e. The van der Waals surface area contributed by atoms with Gasteiger partial charge in [0.15, 0.2) is 6.29 Å². The van der Waals surface area contributed by atoms with Crippen LogP contribution in [-0.4, -0.2) is 19.9 Å². The SMILES string of the molecule is CCCN(C)c1csc(C=O)c1. The first-order valence-corrected chi connectivity index (χ1v) is 4.90. The zero-order chi connectivity index (χ0) is 8.97. The minimum atomic E-state index is 0.799. The van der Waals surface area contributed by atoms with Gasteiger partial charge in [-0.2, -0.15) is 0 Å². The molecule has 0 amide bonds. The van der Waals surface area contributed by atoms with Gasteiger partial charge < -0.3 is 4.90 Å². The first kappa shape index (κ1) is 9.26. The summed E-state index contributed by atoms with van der Waals surface area (Å²) < 4.78 is 0. The molecule has 0 fully saturated rings. The smallest absolute Gasteiger partial charge is 0.160 e. The Morgan fingerprint density at radius 2 is 2.42 bits per heavy atom. The maximum Gasteiger partial charge on any atom is 0.160 e. The highest BCUT2D eigenvalue weighted by molar-refractivity contribution is 7.12. The highest BCUT2D eigenvalue weighted by Crippen LogP contribution is 2.20. The molecule has 1 heterocycles. The summed E-state index contributed by atoms with van der Waals surface area (Å²) in [6.45, 7) is 3.18. The summed E-state index contributed by atoms with van der Waals surface area (Å²) in [5.41, 5.74) is 1.14. The molecule has 0 radical (unpaired) electrons. The largest absolute Gasteiger partial charge is 0.374 e. The van der Waals surface area contributed by atoms with E-state index in [0.29, 0.717) is 0 Å². The van der Waals surface area contributed by atoms with Crippen LogP contribution < -0.4 is 4.90 Å². The van der Waals surface area contributed by atoms with Crippen LogP contribution in [0.25, 0.3) is 0 Å². The second-order valence-corrected chi connectivity index (χ2v) is 3.69. The van der Waals surface area contributed by atoms with Gasteiger partial charge in [-0.15, -0.1) is 11.3 Å². The maximum atomic E-state index is 10.4. The molecule has 0 aliphatic carbocycles. The topological polar surface area (TPSA) is 20.3 Å². The first-order chi connectivity index (χ1) is 5.77. The highest BCUT2D eigenvalue weighted by Gasteiger charge is 2.02. The van der Waals surface area contributed by atoms with Crippen molar-refractivity contribution in [3.63, 3.8) is 0 Å². The Balaban J connectivity index is 2.67. The van der Waals surface area contributed by atoms with Crippen molar-refractivity contribution in [1.29, 1.82) is 0 Å². The number of aldehydes is 1. The Bertz CT molecular complexity index is 257. The van der Waals surface area contributed by atoms with Gasteiger partial charge in [0.25, 0.3) is 0 Å². The minimum absolute atomic E-state index is 0.799. The van der Waals surface area contributed by atoms with Crippen LogP contribution in [-0.2, 0) is 0 Å². The predicted octanol–water partition coefficient (Wildman–Crippen LogP) is 2.41. The van der Waals surface area contributed by atoms with Crippen LogP contribution in [0.1, 0.15) is 23.0 Å². The lowest BCUT2D eigenvalue weighted by atomic mass is 10.4. The second-order valence-electron chi connectivity index (χ2n) is 2.75. The standard InChI is InChI=1S/C9H13NOS/c1-3-4-10(2)8-5-9(6-11)12-7-8/h5-7H,3-4H2,1-2H3. The van der Waals surface area contributed by atoms with Crippen LogP contribution in [0.15, 0.2) is 11.4 Å². The summed E-state index contributed by atoms with van der Waals surface area (Å²) in [6.07, 6.45) is 2.02. The molecule has 0 spiro atoms. The number of carbonyl (C=O) groups is 1. The van der Waals surface area contributed by atoms with Gasteiger partial charge >= 0.3 is 0 Å². The molecule has 2 nitrogen and oxygen atoms in total. The summed E-state index contributed by atoms with van der Waals surface area (Å²) in [6, 6.07) is 1.92. The Morgan fingerprint density at radius 3 is 2.92 bits per heavy atom. The van der Waals surface area contributed by atoms with Crippen LogP contribution in [0.5, 0.6) is 0 Å². The Morgan fingerprint density at radius 1 is 1.67 bits per heavy atom. The molecule has 0 aliphatic heterocycles. The molecule has 0 aromatic carbocycles. The van der Waals surface area contributed by atoms with E-state index < -0.39 is 0 Å². The first-order valence-electron chi connectivity index (χ1n) is 4.02. The third-order valence-electron chi connectivity index (χ3n) is 1.72. The van der Waals surface area contributed by atoms with Gasteiger partial charge in [-0.3, -0.25) is 4.79 Å². The molecule has 0 unspecified atom stereocenters. The van der Waals surface area contributed by atoms with Gasteiger partial charge in [0.05, 0.1) is 4.88 Å². The molecule has 3 heteroatoms. The quantitative estimate of drug-likeness (QED) is 0.668. The number of hydrogen-bond donors (Lipinski definition) is 0. The van der Waals surface area contributed by atoms with E-state index in [9.17, 15) is 4.79 Å². The molecular weight excluding hydrogens is 170 g/mol. The fourth-order valence-electron chi connectivity index (χ4n) is 1.07. The van der Waals surface area contributed by atoms with E-state index in [1.807, 2.05) is 18.5 Å². The molecule has 1 rings (SSSR count). The summed E-state index contributed by atoms with van der Waals surface area (Å²) in [4.78, 5) is 13.3. The predicted molar refractivity (Wildman–Crippen MR) is 53.3 cm³/mol. The summed E-state index contributed by atoms with van der Waals surface area (Å²) >= 11 is 1.49. The number of carbonyl (C=O) groups excluding carboxylic acids is 1. The number of thiophene rings is 1. The molecule has 12 heavy (non-hydrogen) atoms.